The molecule has 3 aromatic carbocycles. The number of aliphatic carboxylic acids is 1. The molecule has 0 radical (unpaired) electrons. The van der Waals surface area contributed by atoms with Crippen molar-refractivity contribution in [1.29, 1.82) is 0 Å². The Morgan fingerprint density at radius 1 is 0.976 bits per heavy atom. The number of hydrogen-bond donors (Lipinski definition) is 5. The second-order valence-corrected chi connectivity index (χ2v) is 9.26. The van der Waals surface area contributed by atoms with E-state index in [4.69, 9.17) is 31.1 Å². The molecule has 4 aromatic rings. The van der Waals surface area contributed by atoms with Crippen molar-refractivity contribution in [2.24, 2.45) is 0 Å². The van der Waals surface area contributed by atoms with Crippen molar-refractivity contribution >= 4 is 29.4 Å². The first kappa shape index (κ1) is 29.8. The molecule has 0 aliphatic carbocycles. The van der Waals surface area contributed by atoms with Gasteiger partial charge in [-0.15, -0.1) is 0 Å². The summed E-state index contributed by atoms with van der Waals surface area (Å²) in [6, 6.07) is 9.34. The first-order valence-corrected chi connectivity index (χ1v) is 12.5. The molecule has 0 aliphatic heterocycles. The van der Waals surface area contributed by atoms with Crippen LogP contribution in [0.2, 0.25) is 5.02 Å². The first-order chi connectivity index (χ1) is 20.0. The molecule has 0 saturated heterocycles. The van der Waals surface area contributed by atoms with E-state index in [1.807, 2.05) is 0 Å². The lowest BCUT2D eigenvalue weighted by atomic mass is 9.98. The van der Waals surface area contributed by atoms with E-state index in [2.05, 4.69) is 10.5 Å². The summed E-state index contributed by atoms with van der Waals surface area (Å²) in [5.41, 5.74) is -0.481. The third-order valence-corrected chi connectivity index (χ3v) is 6.24. The molecule has 0 atom stereocenters. The maximum absolute atomic E-state index is 15.0. The number of halogens is 3. The number of carboxylic acid groups (broad SMARTS) is 2. The van der Waals surface area contributed by atoms with E-state index in [-0.39, 0.29) is 59.0 Å². The van der Waals surface area contributed by atoms with Crippen LogP contribution in [0.15, 0.2) is 53.1 Å². The van der Waals surface area contributed by atoms with Gasteiger partial charge in [0.05, 0.1) is 28.3 Å². The third kappa shape index (κ3) is 6.58. The average Bonchev–Trinajstić information content (AvgIpc) is 3.38. The van der Waals surface area contributed by atoms with E-state index in [1.54, 1.807) is 0 Å². The summed E-state index contributed by atoms with van der Waals surface area (Å²) in [4.78, 5) is 34.9. The Labute approximate surface area is 240 Å². The van der Waals surface area contributed by atoms with Crippen molar-refractivity contribution in [3.8, 4) is 39.7 Å². The standard InChI is InChI=1S/C28H21ClF2N2O9/c29-17-10-16(20(34)11-21(17)35)25-23(15-8-18(30)26(19(31)9-15)41-7-1-2-22(36)37)24(33-42-25)27(38)32-12-13-3-5-14(6-4-13)28(39)40/h3-6,8-11,34-35H,1-2,7,12H2,(H,32,38)(H,36,37)(H,39,40). The van der Waals surface area contributed by atoms with Crippen molar-refractivity contribution < 1.29 is 52.9 Å². The molecule has 4 rings (SSSR count). The van der Waals surface area contributed by atoms with Gasteiger partial charge in [0.2, 0.25) is 0 Å². The summed E-state index contributed by atoms with van der Waals surface area (Å²) < 4.78 is 40.5. The number of nitrogens with one attached hydrogen (secondary N) is 1. The molecule has 218 valence electrons. The van der Waals surface area contributed by atoms with E-state index in [9.17, 15) is 24.6 Å². The number of aromatic carboxylic acids is 1. The van der Waals surface area contributed by atoms with Crippen LogP contribution in [0.5, 0.6) is 17.2 Å². The van der Waals surface area contributed by atoms with Crippen LogP contribution >= 0.6 is 11.6 Å². The lowest BCUT2D eigenvalue weighted by molar-refractivity contribution is -0.137. The number of aromatic nitrogens is 1. The zero-order chi connectivity index (χ0) is 30.6. The number of aromatic hydroxyl groups is 2. The molecule has 0 saturated carbocycles. The summed E-state index contributed by atoms with van der Waals surface area (Å²) in [5, 5.41) is 44.2. The lowest BCUT2D eigenvalue weighted by Gasteiger charge is -2.12. The van der Waals surface area contributed by atoms with Gasteiger partial charge in [-0.3, -0.25) is 9.59 Å². The van der Waals surface area contributed by atoms with Crippen LogP contribution < -0.4 is 10.1 Å². The summed E-state index contributed by atoms with van der Waals surface area (Å²) in [7, 11) is 0. The molecule has 0 aliphatic rings. The second-order valence-electron chi connectivity index (χ2n) is 8.86. The van der Waals surface area contributed by atoms with Gasteiger partial charge in [0, 0.05) is 19.0 Å². The molecular weight excluding hydrogens is 582 g/mol. The van der Waals surface area contributed by atoms with E-state index >= 15 is 8.78 Å². The van der Waals surface area contributed by atoms with Crippen LogP contribution in [0.3, 0.4) is 0 Å². The number of carboxylic acids is 2. The number of benzene rings is 3. The Hall–Kier alpha value is -5.17. The van der Waals surface area contributed by atoms with Gasteiger partial charge in [-0.05, 0) is 47.9 Å². The van der Waals surface area contributed by atoms with Crippen molar-refractivity contribution in [3.63, 3.8) is 0 Å². The molecule has 0 bridgehead atoms. The molecule has 0 fully saturated rings. The lowest BCUT2D eigenvalue weighted by Crippen LogP contribution is -2.23. The van der Waals surface area contributed by atoms with Gasteiger partial charge in [0.1, 0.15) is 11.5 Å². The van der Waals surface area contributed by atoms with Crippen molar-refractivity contribution in [2.75, 3.05) is 6.61 Å². The van der Waals surface area contributed by atoms with Crippen LogP contribution in [0.1, 0.15) is 39.3 Å². The minimum Gasteiger partial charge on any atom is -0.507 e. The molecule has 0 spiro atoms. The molecule has 1 aromatic heterocycles. The van der Waals surface area contributed by atoms with Crippen LogP contribution in [-0.2, 0) is 11.3 Å². The number of hydrogen-bond acceptors (Lipinski definition) is 8. The van der Waals surface area contributed by atoms with Gasteiger partial charge in [-0.2, -0.15) is 0 Å². The fraction of sp³-hybridized carbons (Fsp3) is 0.143. The van der Waals surface area contributed by atoms with Crippen LogP contribution in [0.4, 0.5) is 8.78 Å². The largest absolute Gasteiger partial charge is 0.507 e. The van der Waals surface area contributed by atoms with Crippen molar-refractivity contribution in [3.05, 3.63) is 82.0 Å². The van der Waals surface area contributed by atoms with Gasteiger partial charge in [0.25, 0.3) is 5.91 Å². The molecule has 11 nitrogen and oxygen atoms in total. The fourth-order valence-electron chi connectivity index (χ4n) is 3.90. The van der Waals surface area contributed by atoms with Crippen LogP contribution in [-0.4, -0.2) is 50.0 Å². The quantitative estimate of drug-likeness (QED) is 0.143. The highest BCUT2D eigenvalue weighted by Crippen LogP contribution is 2.43. The highest BCUT2D eigenvalue weighted by Gasteiger charge is 2.28. The summed E-state index contributed by atoms with van der Waals surface area (Å²) in [6.07, 6.45) is -0.276. The molecular formula is C28H21ClF2N2O9. The normalized spacial score (nSPS) is 10.8. The number of phenolic OH excluding ortho intramolecular Hbond substituents is 2. The fourth-order valence-corrected chi connectivity index (χ4v) is 4.06. The molecule has 14 heteroatoms. The second kappa shape index (κ2) is 12.6. The molecule has 5 N–H and O–H groups in total. The van der Waals surface area contributed by atoms with Gasteiger partial charge in [0.15, 0.2) is 28.8 Å². The summed E-state index contributed by atoms with van der Waals surface area (Å²) >= 11 is 5.99. The molecule has 0 unspecified atom stereocenters. The SMILES string of the molecule is O=C(O)CCCOc1c(F)cc(-c2c(C(=O)NCc3ccc(C(=O)O)cc3)noc2-c2cc(Cl)c(O)cc2O)cc1F. The Kier molecular flexibility index (Phi) is 8.91. The number of phenols is 2. The topological polar surface area (TPSA) is 179 Å². The Balaban J connectivity index is 1.72. The van der Waals surface area contributed by atoms with E-state index < -0.39 is 52.4 Å². The Morgan fingerprint density at radius 3 is 2.26 bits per heavy atom. The highest BCUT2D eigenvalue weighted by atomic mass is 35.5. The molecule has 1 amide bonds. The zero-order valence-electron chi connectivity index (χ0n) is 21.4. The maximum Gasteiger partial charge on any atom is 0.335 e. The summed E-state index contributed by atoms with van der Waals surface area (Å²) in [5.74, 6) is -7.51. The molecule has 1 heterocycles. The number of ether oxygens (including phenoxy) is 1. The van der Waals surface area contributed by atoms with E-state index in [0.29, 0.717) is 5.56 Å². The minimum atomic E-state index is -1.18. The van der Waals surface area contributed by atoms with E-state index in [0.717, 1.165) is 24.3 Å². The maximum atomic E-state index is 15.0. The first-order valence-electron chi connectivity index (χ1n) is 12.1. The van der Waals surface area contributed by atoms with Gasteiger partial charge < -0.3 is 35.0 Å². The van der Waals surface area contributed by atoms with Crippen molar-refractivity contribution in [2.45, 2.75) is 19.4 Å². The monoisotopic (exact) mass is 602 g/mol. The van der Waals surface area contributed by atoms with Crippen LogP contribution in [0, 0.1) is 11.6 Å². The van der Waals surface area contributed by atoms with Gasteiger partial charge in [-0.1, -0.05) is 28.9 Å². The Morgan fingerprint density at radius 2 is 1.64 bits per heavy atom. The minimum absolute atomic E-state index is 0.00396. The predicted octanol–water partition coefficient (Wildman–Crippen LogP) is 5.22. The number of nitrogens with zero attached hydrogens (tertiary/aromatic N) is 1. The third-order valence-electron chi connectivity index (χ3n) is 5.94. The number of carbonyl (C=O) groups excluding carboxylic acids is 1. The zero-order valence-corrected chi connectivity index (χ0v) is 22.1. The number of amides is 1. The average molecular weight is 603 g/mol. The number of rotatable bonds is 11. The smallest absolute Gasteiger partial charge is 0.335 e. The number of carbonyl (C=O) groups is 3. The van der Waals surface area contributed by atoms with E-state index in [1.165, 1.54) is 24.3 Å². The highest BCUT2D eigenvalue weighted by molar-refractivity contribution is 6.32. The summed E-state index contributed by atoms with van der Waals surface area (Å²) in [6.45, 7) is -0.360. The predicted molar refractivity (Wildman–Crippen MR) is 143 cm³/mol. The van der Waals surface area contributed by atoms with Crippen LogP contribution in [0.25, 0.3) is 22.5 Å². The van der Waals surface area contributed by atoms with Gasteiger partial charge >= 0.3 is 11.9 Å². The molecule has 42 heavy (non-hydrogen) atoms. The van der Waals surface area contributed by atoms with Gasteiger partial charge in [-0.25, -0.2) is 13.6 Å². The van der Waals surface area contributed by atoms with Crippen molar-refractivity contribution in [1.82, 2.24) is 10.5 Å². The Bertz CT molecular complexity index is 1650.